The van der Waals surface area contributed by atoms with Gasteiger partial charge in [-0.3, -0.25) is 15.5 Å². The standard InChI is InChI=1S/C14H12BrN3O2/c1-10(13-4-2-3-5-14(13)15)16-17-11-6-8-12(9-7-11)18(19)20/h2-9,17H,1H3/b16-10+. The second-order valence-corrected chi connectivity index (χ2v) is 4.95. The van der Waals surface area contributed by atoms with E-state index < -0.39 is 4.92 Å². The number of hydrazone groups is 1. The molecule has 2 aromatic rings. The maximum Gasteiger partial charge on any atom is 0.269 e. The van der Waals surface area contributed by atoms with Gasteiger partial charge in [-0.15, -0.1) is 0 Å². The average molecular weight is 334 g/mol. The molecule has 0 spiro atoms. The van der Waals surface area contributed by atoms with E-state index in [1.807, 2.05) is 31.2 Å². The molecule has 0 unspecified atom stereocenters. The molecule has 1 N–H and O–H groups in total. The van der Waals surface area contributed by atoms with Gasteiger partial charge in [-0.25, -0.2) is 0 Å². The van der Waals surface area contributed by atoms with Gasteiger partial charge in [0.2, 0.25) is 0 Å². The number of nitro groups is 1. The highest BCUT2D eigenvalue weighted by Gasteiger charge is 2.04. The highest BCUT2D eigenvalue weighted by molar-refractivity contribution is 9.10. The molecule has 5 nitrogen and oxygen atoms in total. The molecule has 0 bridgehead atoms. The van der Waals surface area contributed by atoms with E-state index in [4.69, 9.17) is 0 Å². The first-order chi connectivity index (χ1) is 9.58. The van der Waals surface area contributed by atoms with Crippen LogP contribution in [0.3, 0.4) is 0 Å². The van der Waals surface area contributed by atoms with Gasteiger partial charge in [0.1, 0.15) is 0 Å². The predicted octanol–water partition coefficient (Wildman–Crippen LogP) is 4.19. The van der Waals surface area contributed by atoms with Gasteiger partial charge in [0.25, 0.3) is 5.69 Å². The summed E-state index contributed by atoms with van der Waals surface area (Å²) in [5.74, 6) is 0. The van der Waals surface area contributed by atoms with Crippen molar-refractivity contribution in [2.45, 2.75) is 6.92 Å². The Hall–Kier alpha value is -2.21. The molecule has 102 valence electrons. The summed E-state index contributed by atoms with van der Waals surface area (Å²) in [7, 11) is 0. The zero-order chi connectivity index (χ0) is 14.5. The van der Waals surface area contributed by atoms with Crippen LogP contribution >= 0.6 is 15.9 Å². The zero-order valence-corrected chi connectivity index (χ0v) is 12.3. The fourth-order valence-corrected chi connectivity index (χ4v) is 2.19. The largest absolute Gasteiger partial charge is 0.278 e. The summed E-state index contributed by atoms with van der Waals surface area (Å²) >= 11 is 3.47. The van der Waals surface area contributed by atoms with Crippen LogP contribution in [-0.2, 0) is 0 Å². The van der Waals surface area contributed by atoms with Crippen molar-refractivity contribution in [1.82, 2.24) is 0 Å². The SMILES string of the molecule is C/C(=N\Nc1ccc([N+](=O)[O-])cc1)c1ccccc1Br. The van der Waals surface area contributed by atoms with E-state index in [0.717, 1.165) is 15.7 Å². The lowest BCUT2D eigenvalue weighted by Gasteiger charge is -2.05. The minimum Gasteiger partial charge on any atom is -0.278 e. The van der Waals surface area contributed by atoms with Crippen molar-refractivity contribution in [3.05, 3.63) is 68.7 Å². The van der Waals surface area contributed by atoms with E-state index in [0.29, 0.717) is 5.69 Å². The number of non-ortho nitro benzene ring substituents is 1. The number of nitrogens with one attached hydrogen (secondary N) is 1. The van der Waals surface area contributed by atoms with Crippen LogP contribution in [0.25, 0.3) is 0 Å². The molecule has 0 fully saturated rings. The minimum atomic E-state index is -0.431. The Morgan fingerprint density at radius 2 is 1.85 bits per heavy atom. The fraction of sp³-hybridized carbons (Fsp3) is 0.0714. The smallest absolute Gasteiger partial charge is 0.269 e. The van der Waals surface area contributed by atoms with Crippen LogP contribution in [0.4, 0.5) is 11.4 Å². The van der Waals surface area contributed by atoms with Gasteiger partial charge in [-0.1, -0.05) is 34.1 Å². The average Bonchev–Trinajstić information content (AvgIpc) is 2.45. The quantitative estimate of drug-likeness (QED) is 0.518. The maximum absolute atomic E-state index is 10.6. The van der Waals surface area contributed by atoms with E-state index >= 15 is 0 Å². The molecule has 0 amide bonds. The second kappa shape index (κ2) is 6.29. The maximum atomic E-state index is 10.6. The highest BCUT2D eigenvalue weighted by Crippen LogP contribution is 2.18. The van der Waals surface area contributed by atoms with Crippen molar-refractivity contribution in [1.29, 1.82) is 0 Å². The predicted molar refractivity (Wildman–Crippen MR) is 83.1 cm³/mol. The number of nitrogens with zero attached hydrogens (tertiary/aromatic N) is 2. The molecular weight excluding hydrogens is 322 g/mol. The van der Waals surface area contributed by atoms with Crippen molar-refractivity contribution in [3.63, 3.8) is 0 Å². The molecule has 0 heterocycles. The number of rotatable bonds is 4. The molecule has 2 aromatic carbocycles. The lowest BCUT2D eigenvalue weighted by molar-refractivity contribution is -0.384. The fourth-order valence-electron chi connectivity index (χ4n) is 1.62. The zero-order valence-electron chi connectivity index (χ0n) is 10.7. The minimum absolute atomic E-state index is 0.0575. The van der Waals surface area contributed by atoms with Crippen molar-refractivity contribution in [3.8, 4) is 0 Å². The van der Waals surface area contributed by atoms with Gasteiger partial charge in [0, 0.05) is 22.2 Å². The number of hydrogen-bond acceptors (Lipinski definition) is 4. The molecule has 0 atom stereocenters. The molecule has 0 radical (unpaired) electrons. The van der Waals surface area contributed by atoms with Crippen LogP contribution < -0.4 is 5.43 Å². The summed E-state index contributed by atoms with van der Waals surface area (Å²) in [5.41, 5.74) is 5.44. The van der Waals surface area contributed by atoms with Crippen LogP contribution in [0, 0.1) is 10.1 Å². The van der Waals surface area contributed by atoms with Crippen LogP contribution in [0.1, 0.15) is 12.5 Å². The Morgan fingerprint density at radius 1 is 1.20 bits per heavy atom. The summed E-state index contributed by atoms with van der Waals surface area (Å²) in [4.78, 5) is 10.1. The Morgan fingerprint density at radius 3 is 2.45 bits per heavy atom. The number of halogens is 1. The third-order valence-electron chi connectivity index (χ3n) is 2.69. The number of nitro benzene ring substituents is 1. The molecule has 0 saturated carbocycles. The van der Waals surface area contributed by atoms with Crippen molar-refractivity contribution in [2.75, 3.05) is 5.43 Å². The number of hydrogen-bond donors (Lipinski definition) is 1. The lowest BCUT2D eigenvalue weighted by Crippen LogP contribution is -2.00. The van der Waals surface area contributed by atoms with Gasteiger partial charge in [0.15, 0.2) is 0 Å². The van der Waals surface area contributed by atoms with Gasteiger partial charge < -0.3 is 0 Å². The third-order valence-corrected chi connectivity index (χ3v) is 3.39. The summed E-state index contributed by atoms with van der Waals surface area (Å²) in [6.07, 6.45) is 0. The summed E-state index contributed by atoms with van der Waals surface area (Å²) in [6.45, 7) is 1.89. The number of benzene rings is 2. The van der Waals surface area contributed by atoms with E-state index in [-0.39, 0.29) is 5.69 Å². The normalized spacial score (nSPS) is 11.2. The van der Waals surface area contributed by atoms with Crippen molar-refractivity contribution in [2.24, 2.45) is 5.10 Å². The van der Waals surface area contributed by atoms with Crippen LogP contribution in [-0.4, -0.2) is 10.6 Å². The van der Waals surface area contributed by atoms with Crippen LogP contribution in [0.15, 0.2) is 58.1 Å². The first-order valence-corrected chi connectivity index (χ1v) is 6.67. The van der Waals surface area contributed by atoms with Gasteiger partial charge in [-0.05, 0) is 25.1 Å². The molecule has 6 heteroatoms. The van der Waals surface area contributed by atoms with E-state index in [1.54, 1.807) is 12.1 Å². The Kier molecular flexibility index (Phi) is 4.47. The van der Waals surface area contributed by atoms with Gasteiger partial charge in [-0.2, -0.15) is 5.10 Å². The molecule has 20 heavy (non-hydrogen) atoms. The number of anilines is 1. The first kappa shape index (κ1) is 14.2. The molecular formula is C14H12BrN3O2. The first-order valence-electron chi connectivity index (χ1n) is 5.87. The molecule has 0 aliphatic carbocycles. The molecule has 0 aliphatic heterocycles. The molecule has 0 saturated heterocycles. The molecule has 0 aliphatic rings. The third kappa shape index (κ3) is 3.42. The second-order valence-electron chi connectivity index (χ2n) is 4.09. The Balaban J connectivity index is 2.13. The van der Waals surface area contributed by atoms with Crippen LogP contribution in [0.2, 0.25) is 0 Å². The summed E-state index contributed by atoms with van der Waals surface area (Å²) in [6, 6.07) is 13.9. The van der Waals surface area contributed by atoms with E-state index in [2.05, 4.69) is 26.5 Å². The molecule has 2 rings (SSSR count). The van der Waals surface area contributed by atoms with E-state index in [1.165, 1.54) is 12.1 Å². The molecule has 0 aromatic heterocycles. The van der Waals surface area contributed by atoms with E-state index in [9.17, 15) is 10.1 Å². The summed E-state index contributed by atoms with van der Waals surface area (Å²) in [5, 5.41) is 14.8. The topological polar surface area (TPSA) is 67.5 Å². The lowest BCUT2D eigenvalue weighted by atomic mass is 10.1. The Bertz CT molecular complexity index is 654. The monoisotopic (exact) mass is 333 g/mol. The van der Waals surface area contributed by atoms with Crippen LogP contribution in [0.5, 0.6) is 0 Å². The van der Waals surface area contributed by atoms with Gasteiger partial charge >= 0.3 is 0 Å². The van der Waals surface area contributed by atoms with Crippen molar-refractivity contribution >= 4 is 33.0 Å². The summed E-state index contributed by atoms with van der Waals surface area (Å²) < 4.78 is 0.965. The Labute approximate surface area is 124 Å². The van der Waals surface area contributed by atoms with Gasteiger partial charge in [0.05, 0.1) is 16.3 Å². The highest BCUT2D eigenvalue weighted by atomic mass is 79.9. The van der Waals surface area contributed by atoms with Crippen molar-refractivity contribution < 1.29 is 4.92 Å².